The van der Waals surface area contributed by atoms with Crippen LogP contribution >= 0.6 is 11.8 Å². The first-order chi connectivity index (χ1) is 12.2. The molecule has 7 nitrogen and oxygen atoms in total. The zero-order valence-electron chi connectivity index (χ0n) is 13.7. The Morgan fingerprint density at radius 3 is 3.00 bits per heavy atom. The van der Waals surface area contributed by atoms with Gasteiger partial charge in [-0.25, -0.2) is 4.98 Å². The van der Waals surface area contributed by atoms with Crippen molar-refractivity contribution in [1.29, 1.82) is 0 Å². The van der Waals surface area contributed by atoms with E-state index in [1.807, 2.05) is 32.0 Å². The van der Waals surface area contributed by atoms with E-state index in [0.29, 0.717) is 24.1 Å². The van der Waals surface area contributed by atoms with E-state index in [9.17, 15) is 0 Å². The highest BCUT2D eigenvalue weighted by Gasteiger charge is 2.19. The van der Waals surface area contributed by atoms with Gasteiger partial charge in [-0.05, 0) is 38.1 Å². The summed E-state index contributed by atoms with van der Waals surface area (Å²) in [6.07, 6.45) is 1.58. The first kappa shape index (κ1) is 15.8. The number of rotatable bonds is 6. The third-order valence-corrected chi connectivity index (χ3v) is 4.53. The van der Waals surface area contributed by atoms with E-state index in [2.05, 4.69) is 20.1 Å². The fourth-order valence-electron chi connectivity index (χ4n) is 2.40. The topological polar surface area (TPSA) is 90.0 Å². The molecular formula is C17H16N4O3S. The molecule has 25 heavy (non-hydrogen) atoms. The summed E-state index contributed by atoms with van der Waals surface area (Å²) in [5.74, 6) is 2.37. The Morgan fingerprint density at radius 2 is 2.20 bits per heavy atom. The summed E-state index contributed by atoms with van der Waals surface area (Å²) >= 11 is 1.52. The molecule has 4 aromatic rings. The van der Waals surface area contributed by atoms with E-state index in [1.54, 1.807) is 18.4 Å². The first-order valence-electron chi connectivity index (χ1n) is 7.89. The SMILES string of the molecule is CCOc1ccc2nc(SC(C)c3nc(-c4ccco4)no3)[nH]c2c1. The lowest BCUT2D eigenvalue weighted by Gasteiger charge is -2.02. The molecule has 0 fully saturated rings. The largest absolute Gasteiger partial charge is 0.494 e. The lowest BCUT2D eigenvalue weighted by atomic mass is 10.3. The number of nitrogens with one attached hydrogen (secondary N) is 1. The lowest BCUT2D eigenvalue weighted by molar-refractivity contribution is 0.340. The number of aromatic nitrogens is 4. The maximum absolute atomic E-state index is 5.52. The van der Waals surface area contributed by atoms with Gasteiger partial charge in [-0.3, -0.25) is 0 Å². The van der Waals surface area contributed by atoms with Crippen molar-refractivity contribution >= 4 is 22.8 Å². The van der Waals surface area contributed by atoms with Crippen LogP contribution in [0, 0.1) is 0 Å². The van der Waals surface area contributed by atoms with Crippen molar-refractivity contribution in [1.82, 2.24) is 20.1 Å². The molecule has 0 saturated carbocycles. The van der Waals surface area contributed by atoms with Crippen molar-refractivity contribution in [3.63, 3.8) is 0 Å². The molecule has 0 aliphatic heterocycles. The second-order valence-corrected chi connectivity index (χ2v) is 6.68. The van der Waals surface area contributed by atoms with Crippen LogP contribution in [0.4, 0.5) is 0 Å². The highest BCUT2D eigenvalue weighted by Crippen LogP contribution is 2.34. The van der Waals surface area contributed by atoms with Gasteiger partial charge in [0.15, 0.2) is 10.9 Å². The number of hydrogen-bond donors (Lipinski definition) is 1. The standard InChI is InChI=1S/C17H16N4O3S/c1-3-22-11-6-7-12-13(9-11)19-17(18-12)25-10(2)16-20-15(21-24-16)14-5-4-8-23-14/h4-10H,3H2,1-2H3,(H,18,19). The number of furan rings is 1. The molecule has 0 radical (unpaired) electrons. The minimum atomic E-state index is -0.0527. The van der Waals surface area contributed by atoms with Crippen molar-refractivity contribution in [2.24, 2.45) is 0 Å². The highest BCUT2D eigenvalue weighted by atomic mass is 32.2. The van der Waals surface area contributed by atoms with Crippen molar-refractivity contribution in [3.05, 3.63) is 42.5 Å². The second-order valence-electron chi connectivity index (χ2n) is 5.35. The van der Waals surface area contributed by atoms with E-state index >= 15 is 0 Å². The van der Waals surface area contributed by atoms with E-state index in [-0.39, 0.29) is 5.25 Å². The van der Waals surface area contributed by atoms with Crippen LogP contribution in [0.25, 0.3) is 22.6 Å². The monoisotopic (exact) mass is 356 g/mol. The number of thioether (sulfide) groups is 1. The Labute approximate surface area is 147 Å². The van der Waals surface area contributed by atoms with Crippen molar-refractivity contribution in [2.45, 2.75) is 24.3 Å². The Morgan fingerprint density at radius 1 is 1.28 bits per heavy atom. The highest BCUT2D eigenvalue weighted by molar-refractivity contribution is 7.99. The number of aromatic amines is 1. The molecule has 4 rings (SSSR count). The van der Waals surface area contributed by atoms with Crippen LogP contribution in [0.5, 0.6) is 5.75 Å². The summed E-state index contributed by atoms with van der Waals surface area (Å²) in [7, 11) is 0. The number of ether oxygens (including phenoxy) is 1. The molecule has 3 heterocycles. The van der Waals surface area contributed by atoms with Crippen LogP contribution in [-0.2, 0) is 0 Å². The maximum atomic E-state index is 5.52. The Kier molecular flexibility index (Phi) is 4.19. The van der Waals surface area contributed by atoms with Gasteiger partial charge in [0.05, 0.1) is 29.2 Å². The summed E-state index contributed by atoms with van der Waals surface area (Å²) < 4.78 is 16.1. The molecule has 0 amide bonds. The molecule has 0 spiro atoms. The van der Waals surface area contributed by atoms with E-state index in [4.69, 9.17) is 13.7 Å². The molecule has 0 aliphatic rings. The predicted octanol–water partition coefficient (Wildman–Crippen LogP) is 4.46. The summed E-state index contributed by atoms with van der Waals surface area (Å²) in [5.41, 5.74) is 1.82. The van der Waals surface area contributed by atoms with Crippen LogP contribution in [0.3, 0.4) is 0 Å². The average Bonchev–Trinajstić information content (AvgIpc) is 3.34. The van der Waals surface area contributed by atoms with Crippen LogP contribution in [-0.4, -0.2) is 26.7 Å². The van der Waals surface area contributed by atoms with E-state index in [0.717, 1.165) is 21.9 Å². The third kappa shape index (κ3) is 3.25. The zero-order valence-corrected chi connectivity index (χ0v) is 14.5. The molecule has 0 aliphatic carbocycles. The maximum Gasteiger partial charge on any atom is 0.240 e. The molecule has 1 aromatic carbocycles. The number of H-pyrrole nitrogens is 1. The Bertz CT molecular complexity index is 977. The molecule has 0 bridgehead atoms. The fraction of sp³-hybridized carbons (Fsp3) is 0.235. The molecule has 1 N–H and O–H groups in total. The van der Waals surface area contributed by atoms with Crippen LogP contribution in [0.15, 0.2) is 50.7 Å². The minimum Gasteiger partial charge on any atom is -0.494 e. The normalized spacial score (nSPS) is 12.6. The predicted molar refractivity (Wildman–Crippen MR) is 93.5 cm³/mol. The van der Waals surface area contributed by atoms with Gasteiger partial charge in [-0.1, -0.05) is 16.9 Å². The number of fused-ring (bicyclic) bond motifs is 1. The summed E-state index contributed by atoms with van der Waals surface area (Å²) in [4.78, 5) is 12.3. The van der Waals surface area contributed by atoms with Crippen molar-refractivity contribution in [2.75, 3.05) is 6.61 Å². The molecule has 1 atom stereocenters. The molecular weight excluding hydrogens is 340 g/mol. The Balaban J connectivity index is 1.52. The van der Waals surface area contributed by atoms with Crippen molar-refractivity contribution in [3.8, 4) is 17.3 Å². The molecule has 0 saturated heterocycles. The van der Waals surface area contributed by atoms with E-state index in [1.165, 1.54) is 11.8 Å². The van der Waals surface area contributed by atoms with Gasteiger partial charge in [0, 0.05) is 6.07 Å². The number of nitrogens with zero attached hydrogens (tertiary/aromatic N) is 3. The molecule has 1 unspecified atom stereocenters. The molecule has 128 valence electrons. The summed E-state index contributed by atoms with van der Waals surface area (Å²) in [5, 5.41) is 4.69. The number of hydrogen-bond acceptors (Lipinski definition) is 7. The molecule has 3 aromatic heterocycles. The van der Waals surface area contributed by atoms with Gasteiger partial charge < -0.3 is 18.7 Å². The van der Waals surface area contributed by atoms with Crippen LogP contribution in [0.2, 0.25) is 0 Å². The summed E-state index contributed by atoms with van der Waals surface area (Å²) in [6.45, 7) is 4.58. The smallest absolute Gasteiger partial charge is 0.240 e. The van der Waals surface area contributed by atoms with Gasteiger partial charge in [0.2, 0.25) is 11.7 Å². The van der Waals surface area contributed by atoms with Crippen LogP contribution < -0.4 is 4.74 Å². The molecule has 8 heteroatoms. The fourth-order valence-corrected chi connectivity index (χ4v) is 3.25. The number of benzene rings is 1. The minimum absolute atomic E-state index is 0.0527. The van der Waals surface area contributed by atoms with Gasteiger partial charge in [0.25, 0.3) is 0 Å². The van der Waals surface area contributed by atoms with Crippen LogP contribution in [0.1, 0.15) is 25.0 Å². The number of imidazole rings is 1. The summed E-state index contributed by atoms with van der Waals surface area (Å²) in [6, 6.07) is 9.38. The van der Waals surface area contributed by atoms with Gasteiger partial charge in [0.1, 0.15) is 5.75 Å². The average molecular weight is 356 g/mol. The quantitative estimate of drug-likeness (QED) is 0.510. The van der Waals surface area contributed by atoms with Gasteiger partial charge >= 0.3 is 0 Å². The Hall–Kier alpha value is -2.74. The third-order valence-electron chi connectivity index (χ3n) is 3.56. The van der Waals surface area contributed by atoms with Gasteiger partial charge in [-0.2, -0.15) is 4.98 Å². The lowest BCUT2D eigenvalue weighted by Crippen LogP contribution is -1.90. The zero-order chi connectivity index (χ0) is 17.2. The van der Waals surface area contributed by atoms with Crippen molar-refractivity contribution < 1.29 is 13.7 Å². The first-order valence-corrected chi connectivity index (χ1v) is 8.77. The van der Waals surface area contributed by atoms with Gasteiger partial charge in [-0.15, -0.1) is 0 Å². The van der Waals surface area contributed by atoms with E-state index < -0.39 is 0 Å². The second kappa shape index (κ2) is 6.64.